The molecule has 0 radical (unpaired) electrons. The number of nitrogens with one attached hydrogen (secondary N) is 1. The number of hydrogen-bond acceptors (Lipinski definition) is 4. The summed E-state index contributed by atoms with van der Waals surface area (Å²) in [4.78, 5) is 7.79. The lowest BCUT2D eigenvalue weighted by atomic mass is 10.4. The lowest BCUT2D eigenvalue weighted by Crippen LogP contribution is -2.32. The third-order valence-corrected chi connectivity index (χ3v) is 1.52. The number of rotatable bonds is 1. The van der Waals surface area contributed by atoms with Gasteiger partial charge in [-0.05, 0) is 12.1 Å². The summed E-state index contributed by atoms with van der Waals surface area (Å²) in [6.07, 6.45) is 2.75. The Morgan fingerprint density at radius 1 is 1.50 bits per heavy atom. The zero-order valence-corrected chi connectivity index (χ0v) is 6.24. The van der Waals surface area contributed by atoms with Crippen molar-refractivity contribution in [3.05, 3.63) is 24.1 Å². The van der Waals surface area contributed by atoms with E-state index in [4.69, 9.17) is 0 Å². The molecule has 0 unspecified atom stereocenters. The Hall–Kier alpha value is -1.65. The van der Waals surface area contributed by atoms with Crippen LogP contribution >= 0.6 is 0 Å². The monoisotopic (exact) mass is 166 g/mol. The second-order valence-corrected chi connectivity index (χ2v) is 2.34. The van der Waals surface area contributed by atoms with Crippen molar-refractivity contribution in [3.8, 4) is 0 Å². The third-order valence-electron chi connectivity index (χ3n) is 1.52. The molecule has 12 heavy (non-hydrogen) atoms. The maximum atomic E-state index is 12.4. The summed E-state index contributed by atoms with van der Waals surface area (Å²) < 4.78 is 12.4. The number of hydrazine groups is 1. The highest BCUT2D eigenvalue weighted by Crippen LogP contribution is 2.09. The van der Waals surface area contributed by atoms with E-state index >= 15 is 0 Å². The zero-order valence-electron chi connectivity index (χ0n) is 6.24. The molecule has 0 saturated heterocycles. The van der Waals surface area contributed by atoms with Crippen molar-refractivity contribution >= 4 is 12.2 Å². The topological polar surface area (TPSA) is 40.5 Å². The van der Waals surface area contributed by atoms with Crippen LogP contribution in [0.1, 0.15) is 0 Å². The molecule has 0 saturated carbocycles. The van der Waals surface area contributed by atoms with Crippen molar-refractivity contribution in [2.45, 2.75) is 0 Å². The number of hydrogen-bond donors (Lipinski definition) is 1. The fourth-order valence-electron chi connectivity index (χ4n) is 0.940. The van der Waals surface area contributed by atoms with Gasteiger partial charge in [-0.15, -0.1) is 0 Å². The largest absolute Gasteiger partial charge is 0.285 e. The predicted octanol–water partition coefficient (Wildman–Crippen LogP) is 0.531. The second-order valence-electron chi connectivity index (χ2n) is 2.34. The molecule has 62 valence electrons. The van der Waals surface area contributed by atoms with Crippen LogP contribution in [0.4, 0.5) is 10.2 Å². The summed E-state index contributed by atoms with van der Waals surface area (Å²) >= 11 is 0. The van der Waals surface area contributed by atoms with Crippen LogP contribution in [0, 0.1) is 5.82 Å². The van der Waals surface area contributed by atoms with Gasteiger partial charge in [0, 0.05) is 0 Å². The number of aliphatic imine (C=N–C) groups is 1. The van der Waals surface area contributed by atoms with Gasteiger partial charge in [0.1, 0.15) is 24.6 Å². The lowest BCUT2D eigenvalue weighted by molar-refractivity contribution is 0.620. The zero-order chi connectivity index (χ0) is 8.39. The summed E-state index contributed by atoms with van der Waals surface area (Å²) in [5, 5.41) is 1.71. The molecule has 1 aromatic rings. The normalized spacial score (nSPS) is 14.9. The molecule has 0 spiro atoms. The van der Waals surface area contributed by atoms with Crippen LogP contribution in [0.2, 0.25) is 0 Å². The van der Waals surface area contributed by atoms with E-state index in [1.165, 1.54) is 12.3 Å². The number of halogens is 1. The molecule has 1 aliphatic heterocycles. The van der Waals surface area contributed by atoms with Crippen molar-refractivity contribution in [2.24, 2.45) is 4.99 Å². The third kappa shape index (κ3) is 1.20. The molecule has 5 heteroatoms. The van der Waals surface area contributed by atoms with Gasteiger partial charge in [-0.2, -0.15) is 0 Å². The van der Waals surface area contributed by atoms with Crippen LogP contribution < -0.4 is 10.4 Å². The summed E-state index contributed by atoms with van der Waals surface area (Å²) in [7, 11) is 0. The van der Waals surface area contributed by atoms with Gasteiger partial charge in [0.25, 0.3) is 0 Å². The van der Waals surface area contributed by atoms with E-state index in [1.54, 1.807) is 17.4 Å². The van der Waals surface area contributed by atoms with E-state index < -0.39 is 0 Å². The Morgan fingerprint density at radius 3 is 3.00 bits per heavy atom. The first-order valence-corrected chi connectivity index (χ1v) is 3.50. The first-order valence-electron chi connectivity index (χ1n) is 3.50. The highest BCUT2D eigenvalue weighted by atomic mass is 19.1. The van der Waals surface area contributed by atoms with Gasteiger partial charge in [-0.25, -0.2) is 14.4 Å². The van der Waals surface area contributed by atoms with Gasteiger partial charge >= 0.3 is 0 Å². The molecule has 0 fully saturated rings. The highest BCUT2D eigenvalue weighted by Gasteiger charge is 2.08. The Labute approximate surface area is 68.7 Å². The van der Waals surface area contributed by atoms with E-state index in [0.29, 0.717) is 12.5 Å². The maximum Gasteiger partial charge on any atom is 0.148 e. The predicted molar refractivity (Wildman–Crippen MR) is 43.2 cm³/mol. The molecular weight excluding hydrogens is 159 g/mol. The molecule has 0 bridgehead atoms. The maximum absolute atomic E-state index is 12.4. The van der Waals surface area contributed by atoms with Crippen molar-refractivity contribution in [1.29, 1.82) is 0 Å². The first kappa shape index (κ1) is 7.02. The van der Waals surface area contributed by atoms with E-state index in [0.717, 1.165) is 0 Å². The molecule has 1 N–H and O–H groups in total. The summed E-state index contributed by atoms with van der Waals surface area (Å²) in [5.74, 6) is 0.327. The van der Waals surface area contributed by atoms with Crippen LogP contribution in [0.5, 0.6) is 0 Å². The van der Waals surface area contributed by atoms with Crippen LogP contribution in [-0.2, 0) is 0 Å². The second kappa shape index (κ2) is 2.77. The first-order chi connectivity index (χ1) is 5.86. The highest BCUT2D eigenvalue weighted by molar-refractivity contribution is 5.61. The summed E-state index contributed by atoms with van der Waals surface area (Å²) in [6.45, 7) is 0.513. The van der Waals surface area contributed by atoms with Crippen LogP contribution in [0.25, 0.3) is 0 Å². The molecule has 0 atom stereocenters. The van der Waals surface area contributed by atoms with E-state index in [-0.39, 0.29) is 5.82 Å². The Morgan fingerprint density at radius 2 is 2.42 bits per heavy atom. The van der Waals surface area contributed by atoms with Crippen molar-refractivity contribution < 1.29 is 4.39 Å². The van der Waals surface area contributed by atoms with E-state index in [1.807, 2.05) is 0 Å². The number of pyridine rings is 1. The molecule has 0 aliphatic carbocycles. The minimum absolute atomic E-state index is 0.334. The van der Waals surface area contributed by atoms with Gasteiger partial charge in [0.15, 0.2) is 0 Å². The van der Waals surface area contributed by atoms with Crippen LogP contribution in [0.3, 0.4) is 0 Å². The average molecular weight is 166 g/mol. The molecule has 2 rings (SSSR count). The van der Waals surface area contributed by atoms with Gasteiger partial charge in [0.05, 0.1) is 6.20 Å². The van der Waals surface area contributed by atoms with Gasteiger partial charge in [-0.3, -0.25) is 10.4 Å². The number of anilines is 1. The minimum Gasteiger partial charge on any atom is -0.285 e. The molecule has 4 nitrogen and oxygen atoms in total. The SMILES string of the molecule is Fc1ccc(N2CN=CN2)nc1. The summed E-state index contributed by atoms with van der Waals surface area (Å²) in [5.41, 5.74) is 2.85. The van der Waals surface area contributed by atoms with Gasteiger partial charge < -0.3 is 0 Å². The fourth-order valence-corrected chi connectivity index (χ4v) is 0.940. The fraction of sp³-hybridized carbons (Fsp3) is 0.143. The molecule has 0 amide bonds. The van der Waals surface area contributed by atoms with Crippen LogP contribution in [-0.4, -0.2) is 18.0 Å². The van der Waals surface area contributed by atoms with E-state index in [9.17, 15) is 4.39 Å². The van der Waals surface area contributed by atoms with Crippen molar-refractivity contribution in [2.75, 3.05) is 11.7 Å². The lowest BCUT2D eigenvalue weighted by Gasteiger charge is -2.14. The van der Waals surface area contributed by atoms with E-state index in [2.05, 4.69) is 15.4 Å². The molecule has 2 heterocycles. The molecule has 1 aliphatic rings. The Balaban J connectivity index is 2.18. The van der Waals surface area contributed by atoms with Crippen molar-refractivity contribution in [1.82, 2.24) is 10.4 Å². The molecule has 1 aromatic heterocycles. The smallest absolute Gasteiger partial charge is 0.148 e. The van der Waals surface area contributed by atoms with Crippen LogP contribution in [0.15, 0.2) is 23.3 Å². The van der Waals surface area contributed by atoms with Crippen molar-refractivity contribution in [3.63, 3.8) is 0 Å². The minimum atomic E-state index is -0.334. The molecular formula is C7H7FN4. The van der Waals surface area contributed by atoms with Gasteiger partial charge in [0.2, 0.25) is 0 Å². The standard InChI is InChI=1S/C7H7FN4/c8-6-1-2-7(10-3-6)12-5-9-4-11-12/h1-4H,5H2,(H,9,11). The quantitative estimate of drug-likeness (QED) is 0.661. The summed E-state index contributed by atoms with van der Waals surface area (Å²) in [6, 6.07) is 2.96. The number of nitrogens with zero attached hydrogens (tertiary/aromatic N) is 3. The number of aromatic nitrogens is 1. The Bertz CT molecular complexity index is 287. The van der Waals surface area contributed by atoms with Gasteiger partial charge in [-0.1, -0.05) is 0 Å². The average Bonchev–Trinajstić information content (AvgIpc) is 2.58. The Kier molecular flexibility index (Phi) is 1.62. The molecule has 0 aromatic carbocycles.